The number of aliphatic imine (C=N–C) groups is 1. The monoisotopic (exact) mass is 587 g/mol. The van der Waals surface area contributed by atoms with Crippen molar-refractivity contribution in [3.8, 4) is 11.5 Å². The van der Waals surface area contributed by atoms with Gasteiger partial charge in [0.05, 0.1) is 32.0 Å². The third kappa shape index (κ3) is 5.76. The quantitative estimate of drug-likeness (QED) is 0.138. The molecule has 0 spiro atoms. The summed E-state index contributed by atoms with van der Waals surface area (Å²) in [6.45, 7) is 0.0427. The van der Waals surface area contributed by atoms with Crippen LogP contribution in [0.15, 0.2) is 69.8 Å². The van der Waals surface area contributed by atoms with E-state index in [2.05, 4.69) is 20.9 Å². The Morgan fingerprint density at radius 1 is 1.08 bits per heavy atom. The second-order valence-electron chi connectivity index (χ2n) is 7.51. The van der Waals surface area contributed by atoms with Gasteiger partial charge in [-0.1, -0.05) is 23.7 Å². The molecule has 3 aromatic carbocycles. The Balaban J connectivity index is 1.61. The maximum absolute atomic E-state index is 12.4. The average molecular weight is 589 g/mol. The number of nitrogens with zero attached hydrogens (tertiary/aromatic N) is 3. The Morgan fingerprint density at radius 2 is 1.81 bits per heavy atom. The molecule has 0 unspecified atom stereocenters. The van der Waals surface area contributed by atoms with Gasteiger partial charge in [-0.05, 0) is 51.3 Å². The van der Waals surface area contributed by atoms with Gasteiger partial charge in [0.2, 0.25) is 5.90 Å². The zero-order valence-electron chi connectivity index (χ0n) is 18.8. The number of rotatable bonds is 8. The van der Waals surface area contributed by atoms with Crippen LogP contribution in [0.3, 0.4) is 0 Å². The van der Waals surface area contributed by atoms with Gasteiger partial charge in [0, 0.05) is 24.3 Å². The summed E-state index contributed by atoms with van der Waals surface area (Å²) in [5, 5.41) is 22.2. The number of carbonyl (C=O) groups is 1. The van der Waals surface area contributed by atoms with Crippen LogP contribution in [-0.2, 0) is 16.1 Å². The molecule has 13 heteroatoms. The van der Waals surface area contributed by atoms with Crippen molar-refractivity contribution < 1.29 is 28.9 Å². The fourth-order valence-corrected chi connectivity index (χ4v) is 4.12. The first-order chi connectivity index (χ1) is 17.7. The van der Waals surface area contributed by atoms with Crippen molar-refractivity contribution in [1.29, 1.82) is 0 Å². The Bertz CT molecular complexity index is 1510. The van der Waals surface area contributed by atoms with Gasteiger partial charge in [-0.3, -0.25) is 20.2 Å². The van der Waals surface area contributed by atoms with Crippen LogP contribution in [0.2, 0.25) is 5.02 Å². The van der Waals surface area contributed by atoms with Crippen LogP contribution in [0.25, 0.3) is 6.08 Å². The van der Waals surface area contributed by atoms with E-state index in [1.165, 1.54) is 43.5 Å². The molecule has 1 heterocycles. The van der Waals surface area contributed by atoms with Crippen molar-refractivity contribution in [2.75, 3.05) is 7.11 Å². The number of hydrogen-bond donors (Lipinski definition) is 0. The number of carbonyl (C=O) groups excluding carboxylic acids is 1. The third-order valence-corrected chi connectivity index (χ3v) is 5.99. The molecule has 4 rings (SSSR count). The first kappa shape index (κ1) is 25.8. The Morgan fingerprint density at radius 3 is 2.51 bits per heavy atom. The SMILES string of the molecule is COc1cc(/C=C2\N=C(c3cc([N+](=O)[O-])ccc3Cl)OC2=O)cc(Br)c1OCc1cccc([N+](=O)[O-])c1. The maximum atomic E-state index is 12.4. The number of nitro benzene ring substituents is 2. The molecule has 0 saturated heterocycles. The molecule has 188 valence electrons. The number of methoxy groups -OCH3 is 1. The molecule has 3 aromatic rings. The zero-order valence-corrected chi connectivity index (χ0v) is 21.2. The fraction of sp³-hybridized carbons (Fsp3) is 0.0833. The molecule has 0 saturated carbocycles. The Kier molecular flexibility index (Phi) is 7.50. The number of benzene rings is 3. The molecule has 0 N–H and O–H groups in total. The Labute approximate surface area is 222 Å². The fourth-order valence-electron chi connectivity index (χ4n) is 3.35. The van der Waals surface area contributed by atoms with E-state index in [1.807, 2.05) is 0 Å². The largest absolute Gasteiger partial charge is 0.493 e. The average Bonchev–Trinajstić information content (AvgIpc) is 3.22. The second-order valence-corrected chi connectivity index (χ2v) is 8.77. The highest BCUT2D eigenvalue weighted by Crippen LogP contribution is 2.38. The van der Waals surface area contributed by atoms with E-state index in [-0.39, 0.29) is 40.2 Å². The standard InChI is InChI=1S/C24H15BrClN3O8/c1-35-21-10-14(8-18(25)22(21)36-12-13-3-2-4-15(7-13)28(31)32)9-20-24(30)37-23(27-20)17-11-16(29(33)34)5-6-19(17)26/h2-11H,12H2,1H3/b20-9-. The molecule has 37 heavy (non-hydrogen) atoms. The van der Waals surface area contributed by atoms with Gasteiger partial charge >= 0.3 is 5.97 Å². The van der Waals surface area contributed by atoms with Gasteiger partial charge < -0.3 is 14.2 Å². The van der Waals surface area contributed by atoms with Gasteiger partial charge in [0.15, 0.2) is 17.2 Å². The molecular weight excluding hydrogens is 574 g/mol. The predicted molar refractivity (Wildman–Crippen MR) is 137 cm³/mol. The summed E-state index contributed by atoms with van der Waals surface area (Å²) in [5.41, 5.74) is 0.861. The van der Waals surface area contributed by atoms with E-state index in [0.29, 0.717) is 27.1 Å². The van der Waals surface area contributed by atoms with E-state index in [4.69, 9.17) is 25.8 Å². The molecule has 0 aromatic heterocycles. The summed E-state index contributed by atoms with van der Waals surface area (Å²) >= 11 is 9.55. The lowest BCUT2D eigenvalue weighted by atomic mass is 10.1. The van der Waals surface area contributed by atoms with Crippen LogP contribution in [0.5, 0.6) is 11.5 Å². The van der Waals surface area contributed by atoms with Gasteiger partial charge in [-0.25, -0.2) is 9.79 Å². The first-order valence-corrected chi connectivity index (χ1v) is 11.5. The van der Waals surface area contributed by atoms with E-state index in [0.717, 1.165) is 0 Å². The third-order valence-electron chi connectivity index (χ3n) is 5.07. The molecule has 0 atom stereocenters. The normalized spacial score (nSPS) is 13.8. The van der Waals surface area contributed by atoms with E-state index in [1.54, 1.807) is 24.3 Å². The van der Waals surface area contributed by atoms with Crippen LogP contribution >= 0.6 is 27.5 Å². The lowest BCUT2D eigenvalue weighted by Crippen LogP contribution is -2.06. The Hall–Kier alpha value is -4.29. The summed E-state index contributed by atoms with van der Waals surface area (Å²) < 4.78 is 16.9. The second kappa shape index (κ2) is 10.8. The lowest BCUT2D eigenvalue weighted by Gasteiger charge is -2.13. The number of nitro groups is 2. The van der Waals surface area contributed by atoms with Crippen molar-refractivity contribution in [2.45, 2.75) is 6.61 Å². The molecule has 0 amide bonds. The highest BCUT2D eigenvalue weighted by molar-refractivity contribution is 9.10. The molecule has 0 radical (unpaired) electrons. The van der Waals surface area contributed by atoms with Gasteiger partial charge in [-0.15, -0.1) is 0 Å². The summed E-state index contributed by atoms with van der Waals surface area (Å²) in [7, 11) is 1.43. The number of non-ortho nitro benzene ring substituents is 2. The van der Waals surface area contributed by atoms with E-state index in [9.17, 15) is 25.0 Å². The van der Waals surface area contributed by atoms with Crippen LogP contribution in [-0.4, -0.2) is 28.8 Å². The lowest BCUT2D eigenvalue weighted by molar-refractivity contribution is -0.385. The van der Waals surface area contributed by atoms with Crippen molar-refractivity contribution in [1.82, 2.24) is 0 Å². The molecule has 11 nitrogen and oxygen atoms in total. The highest BCUT2D eigenvalue weighted by Gasteiger charge is 2.27. The molecule has 1 aliphatic rings. The number of ether oxygens (including phenoxy) is 3. The smallest absolute Gasteiger partial charge is 0.363 e. The van der Waals surface area contributed by atoms with Crippen LogP contribution < -0.4 is 9.47 Å². The van der Waals surface area contributed by atoms with Crippen molar-refractivity contribution >= 4 is 56.8 Å². The van der Waals surface area contributed by atoms with Crippen molar-refractivity contribution in [2.24, 2.45) is 4.99 Å². The summed E-state index contributed by atoms with van der Waals surface area (Å²) in [5.74, 6) is -0.256. The minimum Gasteiger partial charge on any atom is -0.493 e. The maximum Gasteiger partial charge on any atom is 0.363 e. The van der Waals surface area contributed by atoms with E-state index < -0.39 is 15.8 Å². The molecular formula is C24H15BrClN3O8. The summed E-state index contributed by atoms with van der Waals surface area (Å²) in [4.78, 5) is 37.6. The summed E-state index contributed by atoms with van der Waals surface area (Å²) in [6, 6.07) is 13.0. The highest BCUT2D eigenvalue weighted by atomic mass is 79.9. The van der Waals surface area contributed by atoms with Crippen molar-refractivity contribution in [3.63, 3.8) is 0 Å². The molecule has 0 bridgehead atoms. The van der Waals surface area contributed by atoms with Gasteiger partial charge in [0.1, 0.15) is 6.61 Å². The van der Waals surface area contributed by atoms with Crippen LogP contribution in [0.4, 0.5) is 11.4 Å². The number of esters is 1. The number of cyclic esters (lactones) is 1. The number of halogens is 2. The van der Waals surface area contributed by atoms with Crippen LogP contribution in [0.1, 0.15) is 16.7 Å². The topological polar surface area (TPSA) is 143 Å². The van der Waals surface area contributed by atoms with E-state index >= 15 is 0 Å². The van der Waals surface area contributed by atoms with Gasteiger partial charge in [-0.2, -0.15) is 0 Å². The zero-order chi connectivity index (χ0) is 26.7. The molecule has 0 aliphatic carbocycles. The summed E-state index contributed by atoms with van der Waals surface area (Å²) in [6.07, 6.45) is 1.44. The van der Waals surface area contributed by atoms with Gasteiger partial charge in [0.25, 0.3) is 11.4 Å². The minimum atomic E-state index is -0.765. The molecule has 1 aliphatic heterocycles. The molecule has 0 fully saturated rings. The minimum absolute atomic E-state index is 0.0427. The van der Waals surface area contributed by atoms with Crippen molar-refractivity contribution in [3.05, 3.63) is 107 Å². The van der Waals surface area contributed by atoms with Crippen LogP contribution in [0, 0.1) is 20.2 Å². The predicted octanol–water partition coefficient (Wildman–Crippen LogP) is 5.85. The first-order valence-electron chi connectivity index (χ1n) is 10.4. The number of hydrogen-bond acceptors (Lipinski definition) is 9.